The number of amides is 1. The maximum Gasteiger partial charge on any atom is 0.246 e. The summed E-state index contributed by atoms with van der Waals surface area (Å²) in [7, 11) is -5.67. The van der Waals surface area contributed by atoms with Crippen LogP contribution in [0.4, 0.5) is 5.69 Å². The number of methoxy groups -OCH3 is 1. The van der Waals surface area contributed by atoms with Crippen LogP contribution in [0.25, 0.3) is 0 Å². The fourth-order valence-corrected chi connectivity index (χ4v) is 6.09. The summed E-state index contributed by atoms with van der Waals surface area (Å²) in [5, 5.41) is 3.75. The Hall–Kier alpha value is -1.95. The van der Waals surface area contributed by atoms with Gasteiger partial charge >= 0.3 is 0 Å². The van der Waals surface area contributed by atoms with Crippen molar-refractivity contribution < 1.29 is 31.1 Å². The molecule has 1 unspecified atom stereocenters. The average Bonchev–Trinajstić information content (AvgIpc) is 3.00. The second kappa shape index (κ2) is 8.19. The Morgan fingerprint density at radius 3 is 2.64 bits per heavy atom. The second-order valence-electron chi connectivity index (χ2n) is 6.55. The van der Waals surface area contributed by atoms with Crippen LogP contribution in [0.15, 0.2) is 34.6 Å². The van der Waals surface area contributed by atoms with Crippen molar-refractivity contribution >= 4 is 31.5 Å². The van der Waals surface area contributed by atoms with Crippen LogP contribution in [0.1, 0.15) is 6.42 Å². The van der Waals surface area contributed by atoms with E-state index in [4.69, 9.17) is 9.47 Å². The minimum atomic E-state index is -3.81. The van der Waals surface area contributed by atoms with Gasteiger partial charge in [0.05, 0.1) is 26.1 Å². The van der Waals surface area contributed by atoms with Crippen LogP contribution in [0, 0.1) is 5.92 Å². The number of carbonyl (C=O) groups is 1. The van der Waals surface area contributed by atoms with Crippen LogP contribution in [-0.2, 0) is 29.4 Å². The van der Waals surface area contributed by atoms with E-state index in [-0.39, 0.29) is 41.8 Å². The lowest BCUT2D eigenvalue weighted by atomic mass is 10.1. The van der Waals surface area contributed by atoms with E-state index in [0.717, 1.165) is 5.41 Å². The van der Waals surface area contributed by atoms with E-state index in [1.54, 1.807) is 0 Å². The maximum atomic E-state index is 13.0. The monoisotopic (exact) mass is 430 g/mol. The topological polar surface area (TPSA) is 119 Å². The molecule has 1 amide bonds. The molecule has 0 saturated carbocycles. The third-order valence-electron chi connectivity index (χ3n) is 4.49. The molecule has 0 bridgehead atoms. The summed E-state index contributed by atoms with van der Waals surface area (Å²) < 4.78 is 60.5. The fraction of sp³-hybridized carbons (Fsp3) is 0.471. The molecule has 1 atom stereocenters. The van der Waals surface area contributed by atoms with E-state index in [2.05, 4.69) is 5.32 Å². The highest BCUT2D eigenvalue weighted by molar-refractivity contribution is 7.94. The van der Waals surface area contributed by atoms with Crippen LogP contribution < -0.4 is 10.1 Å². The van der Waals surface area contributed by atoms with Gasteiger partial charge in [0.2, 0.25) is 15.9 Å². The van der Waals surface area contributed by atoms with E-state index in [9.17, 15) is 21.6 Å². The molecule has 11 heteroatoms. The van der Waals surface area contributed by atoms with Gasteiger partial charge in [0.15, 0.2) is 9.84 Å². The average molecular weight is 431 g/mol. The summed E-state index contributed by atoms with van der Waals surface area (Å²) in [4.78, 5) is 12.2. The first-order valence-corrected chi connectivity index (χ1v) is 11.8. The Kier molecular flexibility index (Phi) is 6.08. The van der Waals surface area contributed by atoms with Gasteiger partial charge in [-0.05, 0) is 18.2 Å². The number of hydrogen-bond donors (Lipinski definition) is 1. The summed E-state index contributed by atoms with van der Waals surface area (Å²) >= 11 is 0. The molecule has 28 heavy (non-hydrogen) atoms. The number of sulfonamides is 1. The van der Waals surface area contributed by atoms with Gasteiger partial charge in [-0.3, -0.25) is 4.79 Å². The molecule has 9 nitrogen and oxygen atoms in total. The Morgan fingerprint density at radius 2 is 2.04 bits per heavy atom. The zero-order chi connectivity index (χ0) is 20.4. The third kappa shape index (κ3) is 4.72. The van der Waals surface area contributed by atoms with Crippen molar-refractivity contribution in [2.24, 2.45) is 5.92 Å². The molecule has 0 spiro atoms. The zero-order valence-electron chi connectivity index (χ0n) is 15.3. The predicted octanol–water partition coefficient (Wildman–Crippen LogP) is 0.603. The van der Waals surface area contributed by atoms with Gasteiger partial charge in [0, 0.05) is 36.5 Å². The number of benzene rings is 1. The minimum absolute atomic E-state index is 0.00664. The van der Waals surface area contributed by atoms with Crippen molar-refractivity contribution in [3.63, 3.8) is 0 Å². The molecule has 2 aliphatic heterocycles. The lowest BCUT2D eigenvalue weighted by Gasteiger charge is -2.26. The molecular formula is C17H22N2O7S2. The molecule has 2 heterocycles. The van der Waals surface area contributed by atoms with E-state index in [0.29, 0.717) is 18.9 Å². The minimum Gasteiger partial charge on any atom is -0.495 e. The van der Waals surface area contributed by atoms with Crippen molar-refractivity contribution in [2.75, 3.05) is 44.5 Å². The molecule has 0 radical (unpaired) electrons. The molecule has 1 N–H and O–H groups in total. The lowest BCUT2D eigenvalue weighted by molar-refractivity contribution is -0.116. The van der Waals surface area contributed by atoms with Crippen LogP contribution >= 0.6 is 0 Å². The SMILES string of the molecule is COc1ccc(NC(=O)CC2C=CS(=O)(=O)C2)cc1S(=O)(=O)N1CCOCC1. The largest absolute Gasteiger partial charge is 0.495 e. The van der Waals surface area contributed by atoms with Crippen LogP contribution in [0.2, 0.25) is 0 Å². The quantitative estimate of drug-likeness (QED) is 0.702. The highest BCUT2D eigenvalue weighted by Crippen LogP contribution is 2.30. The van der Waals surface area contributed by atoms with Gasteiger partial charge < -0.3 is 14.8 Å². The molecule has 154 valence electrons. The highest BCUT2D eigenvalue weighted by Gasteiger charge is 2.30. The first-order valence-electron chi connectivity index (χ1n) is 8.68. The number of hydrogen-bond acceptors (Lipinski definition) is 7. The molecule has 2 aliphatic rings. The zero-order valence-corrected chi connectivity index (χ0v) is 17.0. The Balaban J connectivity index is 1.77. The molecular weight excluding hydrogens is 408 g/mol. The Labute approximate surface area is 164 Å². The maximum absolute atomic E-state index is 13.0. The lowest BCUT2D eigenvalue weighted by Crippen LogP contribution is -2.40. The fourth-order valence-electron chi connectivity index (χ4n) is 3.10. The number of anilines is 1. The summed E-state index contributed by atoms with van der Waals surface area (Å²) in [6, 6.07) is 4.36. The van der Waals surface area contributed by atoms with Crippen molar-refractivity contribution in [2.45, 2.75) is 11.3 Å². The van der Waals surface area contributed by atoms with Crippen LogP contribution in [0.5, 0.6) is 5.75 Å². The third-order valence-corrected chi connectivity index (χ3v) is 7.87. The second-order valence-corrected chi connectivity index (χ2v) is 10.4. The van der Waals surface area contributed by atoms with Gasteiger partial charge in [-0.15, -0.1) is 0 Å². The normalized spacial score (nSPS) is 22.1. The molecule has 3 rings (SSSR count). The summed E-state index contributed by atoms with van der Waals surface area (Å²) in [6.07, 6.45) is 1.49. The summed E-state index contributed by atoms with van der Waals surface area (Å²) in [5.41, 5.74) is 0.294. The first kappa shape index (κ1) is 20.8. The summed E-state index contributed by atoms with van der Waals surface area (Å²) in [5.74, 6) is -0.708. The Morgan fingerprint density at radius 1 is 1.32 bits per heavy atom. The summed E-state index contributed by atoms with van der Waals surface area (Å²) in [6.45, 7) is 1.11. The Bertz CT molecular complexity index is 981. The van der Waals surface area contributed by atoms with E-state index in [1.807, 2.05) is 0 Å². The number of nitrogens with one attached hydrogen (secondary N) is 1. The molecule has 0 aromatic heterocycles. The van der Waals surface area contributed by atoms with Gasteiger partial charge in [-0.2, -0.15) is 4.31 Å². The van der Waals surface area contributed by atoms with Gasteiger partial charge in [0.1, 0.15) is 10.6 Å². The molecule has 1 saturated heterocycles. The number of rotatable bonds is 6. The van der Waals surface area contributed by atoms with Gasteiger partial charge in [-0.25, -0.2) is 16.8 Å². The van der Waals surface area contributed by atoms with E-state index < -0.39 is 25.8 Å². The highest BCUT2D eigenvalue weighted by atomic mass is 32.2. The molecule has 1 aromatic rings. The van der Waals surface area contributed by atoms with Gasteiger partial charge in [-0.1, -0.05) is 6.08 Å². The number of sulfone groups is 1. The molecule has 1 fully saturated rings. The first-order chi connectivity index (χ1) is 13.2. The number of allylic oxidation sites excluding steroid dienone is 1. The number of nitrogens with zero attached hydrogens (tertiary/aromatic N) is 1. The van der Waals surface area contributed by atoms with Crippen molar-refractivity contribution in [3.05, 3.63) is 29.7 Å². The number of carbonyl (C=O) groups excluding carboxylic acids is 1. The van der Waals surface area contributed by atoms with E-state index >= 15 is 0 Å². The van der Waals surface area contributed by atoms with Crippen molar-refractivity contribution in [1.29, 1.82) is 0 Å². The van der Waals surface area contributed by atoms with Crippen LogP contribution in [0.3, 0.4) is 0 Å². The predicted molar refractivity (Wildman–Crippen MR) is 102 cm³/mol. The standard InChI is InChI=1S/C17H22N2O7S2/c1-25-15-3-2-14(18-17(20)10-13-4-9-27(21,22)12-13)11-16(15)28(23,24)19-5-7-26-8-6-19/h2-4,9,11,13H,5-8,10,12H2,1H3,(H,18,20). The van der Waals surface area contributed by atoms with Crippen LogP contribution in [-0.4, -0.2) is 66.2 Å². The number of ether oxygens (including phenoxy) is 2. The molecule has 0 aliphatic carbocycles. The molecule has 1 aromatic carbocycles. The number of morpholine rings is 1. The smallest absolute Gasteiger partial charge is 0.246 e. The van der Waals surface area contributed by atoms with Crippen molar-refractivity contribution in [3.8, 4) is 5.75 Å². The van der Waals surface area contributed by atoms with Crippen molar-refractivity contribution in [1.82, 2.24) is 4.31 Å². The van der Waals surface area contributed by atoms with Gasteiger partial charge in [0.25, 0.3) is 0 Å². The van der Waals surface area contributed by atoms with E-state index in [1.165, 1.54) is 35.7 Å².